The molecule has 0 radical (unpaired) electrons. The highest BCUT2D eigenvalue weighted by atomic mass is 16.7. The molecule has 1 fully saturated rings. The number of carboxylic acid groups (broad SMARTS) is 1. The third kappa shape index (κ3) is 4.07. The molecule has 2 aliphatic rings. The molecule has 26 heavy (non-hydrogen) atoms. The highest BCUT2D eigenvalue weighted by Crippen LogP contribution is 2.32. The van der Waals surface area contributed by atoms with Crippen LogP contribution in [0.15, 0.2) is 18.2 Å². The van der Waals surface area contributed by atoms with Crippen LogP contribution in [-0.2, 0) is 20.8 Å². The van der Waals surface area contributed by atoms with Gasteiger partial charge in [-0.2, -0.15) is 0 Å². The molecule has 1 aromatic rings. The minimum atomic E-state index is -0.880. The van der Waals surface area contributed by atoms with E-state index >= 15 is 0 Å². The van der Waals surface area contributed by atoms with Crippen molar-refractivity contribution in [1.82, 2.24) is 9.80 Å². The summed E-state index contributed by atoms with van der Waals surface area (Å²) in [5, 5.41) is 9.12. The van der Waals surface area contributed by atoms with E-state index in [4.69, 9.17) is 14.6 Å². The average molecular weight is 362 g/mol. The molecule has 1 unspecified atom stereocenters. The van der Waals surface area contributed by atoms with Gasteiger partial charge in [-0.25, -0.2) is 0 Å². The fraction of sp³-hybridized carbons (Fsp3) is 0.500. The predicted octanol–water partition coefficient (Wildman–Crippen LogP) is 0.739. The van der Waals surface area contributed by atoms with Crippen LogP contribution in [0.2, 0.25) is 0 Å². The lowest BCUT2D eigenvalue weighted by molar-refractivity contribution is -0.147. The maximum absolute atomic E-state index is 12.4. The molecule has 140 valence electrons. The van der Waals surface area contributed by atoms with Crippen LogP contribution in [0.5, 0.6) is 11.5 Å². The first-order chi connectivity index (χ1) is 12.4. The van der Waals surface area contributed by atoms with Gasteiger partial charge in [0.25, 0.3) is 0 Å². The number of ether oxygens (including phenoxy) is 2. The van der Waals surface area contributed by atoms with Crippen molar-refractivity contribution in [3.63, 3.8) is 0 Å². The Morgan fingerprint density at radius 3 is 2.81 bits per heavy atom. The zero-order valence-electron chi connectivity index (χ0n) is 14.6. The number of hydrogen-bond acceptors (Lipinski definition) is 5. The normalized spacial score (nSPS) is 18.5. The molecular formula is C18H22N2O6. The van der Waals surface area contributed by atoms with Gasteiger partial charge >= 0.3 is 5.97 Å². The van der Waals surface area contributed by atoms with Crippen molar-refractivity contribution < 1.29 is 29.0 Å². The van der Waals surface area contributed by atoms with E-state index in [0.29, 0.717) is 30.9 Å². The second-order valence-corrected chi connectivity index (χ2v) is 6.63. The Morgan fingerprint density at radius 1 is 1.27 bits per heavy atom. The lowest BCUT2D eigenvalue weighted by Crippen LogP contribution is -2.47. The number of likely N-dealkylation sites (tertiary alicyclic amines) is 1. The lowest BCUT2D eigenvalue weighted by Gasteiger charge is -2.32. The second kappa shape index (κ2) is 7.63. The maximum Gasteiger partial charge on any atom is 0.308 e. The standard InChI is InChI=1S/C18H22N2O6/c1-19(10-17(22)20-6-2-3-13(9-20)18(23)24)16(21)8-12-4-5-14-15(7-12)26-11-25-14/h4-5,7,13H,2-3,6,8-11H2,1H3,(H,23,24). The summed E-state index contributed by atoms with van der Waals surface area (Å²) in [6, 6.07) is 5.32. The van der Waals surface area contributed by atoms with E-state index in [1.165, 1.54) is 9.80 Å². The van der Waals surface area contributed by atoms with Gasteiger partial charge in [-0.05, 0) is 30.5 Å². The van der Waals surface area contributed by atoms with Crippen LogP contribution in [0.4, 0.5) is 0 Å². The first kappa shape index (κ1) is 18.0. The van der Waals surface area contributed by atoms with E-state index in [2.05, 4.69) is 0 Å². The fourth-order valence-corrected chi connectivity index (χ4v) is 3.16. The quantitative estimate of drug-likeness (QED) is 0.830. The summed E-state index contributed by atoms with van der Waals surface area (Å²) in [5.41, 5.74) is 0.780. The molecule has 0 spiro atoms. The van der Waals surface area contributed by atoms with Crippen molar-refractivity contribution in [1.29, 1.82) is 0 Å². The number of aliphatic carboxylic acids is 1. The number of hydrogen-bond donors (Lipinski definition) is 1. The Hall–Kier alpha value is -2.77. The van der Waals surface area contributed by atoms with Gasteiger partial charge in [0.05, 0.1) is 18.9 Å². The summed E-state index contributed by atoms with van der Waals surface area (Å²) < 4.78 is 10.5. The van der Waals surface area contributed by atoms with Crippen molar-refractivity contribution in [3.8, 4) is 11.5 Å². The predicted molar refractivity (Wildman–Crippen MR) is 90.8 cm³/mol. The van der Waals surface area contributed by atoms with Crippen LogP contribution in [0, 0.1) is 5.92 Å². The van der Waals surface area contributed by atoms with Crippen molar-refractivity contribution in [2.24, 2.45) is 5.92 Å². The minimum Gasteiger partial charge on any atom is -0.481 e. The van der Waals surface area contributed by atoms with Crippen LogP contribution in [0.1, 0.15) is 18.4 Å². The molecule has 8 heteroatoms. The van der Waals surface area contributed by atoms with E-state index in [0.717, 1.165) is 5.56 Å². The number of fused-ring (bicyclic) bond motifs is 1. The Balaban J connectivity index is 1.53. The monoisotopic (exact) mass is 362 g/mol. The third-order valence-corrected chi connectivity index (χ3v) is 4.71. The topological polar surface area (TPSA) is 96.4 Å². The van der Waals surface area contributed by atoms with Crippen LogP contribution >= 0.6 is 0 Å². The zero-order chi connectivity index (χ0) is 18.7. The Kier molecular flexibility index (Phi) is 5.29. The number of benzene rings is 1. The molecule has 2 aliphatic heterocycles. The largest absolute Gasteiger partial charge is 0.481 e. The maximum atomic E-state index is 12.4. The molecular weight excluding hydrogens is 340 g/mol. The molecule has 0 aliphatic carbocycles. The first-order valence-electron chi connectivity index (χ1n) is 8.57. The Bertz CT molecular complexity index is 720. The second-order valence-electron chi connectivity index (χ2n) is 6.63. The average Bonchev–Trinajstić information content (AvgIpc) is 3.09. The summed E-state index contributed by atoms with van der Waals surface area (Å²) in [6.07, 6.45) is 1.40. The highest BCUT2D eigenvalue weighted by Gasteiger charge is 2.29. The molecule has 8 nitrogen and oxygen atoms in total. The molecule has 1 atom stereocenters. The number of nitrogens with zero attached hydrogens (tertiary/aromatic N) is 2. The van der Waals surface area contributed by atoms with Gasteiger partial charge in [0.1, 0.15) is 0 Å². The van der Waals surface area contributed by atoms with Crippen LogP contribution in [0.3, 0.4) is 0 Å². The van der Waals surface area contributed by atoms with Gasteiger partial charge in [-0.15, -0.1) is 0 Å². The molecule has 1 aromatic carbocycles. The molecule has 0 saturated carbocycles. The number of piperidine rings is 1. The van der Waals surface area contributed by atoms with E-state index in [9.17, 15) is 14.4 Å². The lowest BCUT2D eigenvalue weighted by atomic mass is 9.98. The molecule has 0 aromatic heterocycles. The van der Waals surface area contributed by atoms with Crippen molar-refractivity contribution in [3.05, 3.63) is 23.8 Å². The molecule has 2 heterocycles. The molecule has 1 N–H and O–H groups in total. The smallest absolute Gasteiger partial charge is 0.308 e. The minimum absolute atomic E-state index is 0.0598. The van der Waals surface area contributed by atoms with Crippen LogP contribution in [0.25, 0.3) is 0 Å². The fourth-order valence-electron chi connectivity index (χ4n) is 3.16. The van der Waals surface area contributed by atoms with Gasteiger partial charge in [0.15, 0.2) is 11.5 Å². The number of carbonyl (C=O) groups is 3. The Morgan fingerprint density at radius 2 is 2.04 bits per heavy atom. The van der Waals surface area contributed by atoms with E-state index in [-0.39, 0.29) is 38.1 Å². The van der Waals surface area contributed by atoms with E-state index in [1.807, 2.05) is 0 Å². The summed E-state index contributed by atoms with van der Waals surface area (Å²) in [5.74, 6) is -0.552. The zero-order valence-corrected chi connectivity index (χ0v) is 14.6. The van der Waals surface area contributed by atoms with Crippen molar-refractivity contribution in [2.75, 3.05) is 33.5 Å². The summed E-state index contributed by atoms with van der Waals surface area (Å²) in [4.78, 5) is 38.8. The van der Waals surface area contributed by atoms with Gasteiger partial charge < -0.3 is 24.4 Å². The van der Waals surface area contributed by atoms with Crippen molar-refractivity contribution >= 4 is 17.8 Å². The van der Waals surface area contributed by atoms with Crippen molar-refractivity contribution in [2.45, 2.75) is 19.3 Å². The SMILES string of the molecule is CN(CC(=O)N1CCCC(C(=O)O)C1)C(=O)Cc1ccc2c(c1)OCO2. The first-order valence-corrected chi connectivity index (χ1v) is 8.57. The van der Waals surface area contributed by atoms with Gasteiger partial charge in [-0.3, -0.25) is 14.4 Å². The van der Waals surface area contributed by atoms with E-state index in [1.54, 1.807) is 25.2 Å². The summed E-state index contributed by atoms with van der Waals surface area (Å²) >= 11 is 0. The molecule has 0 bridgehead atoms. The van der Waals surface area contributed by atoms with Gasteiger partial charge in [0, 0.05) is 20.1 Å². The van der Waals surface area contributed by atoms with Gasteiger partial charge in [-0.1, -0.05) is 6.07 Å². The third-order valence-electron chi connectivity index (χ3n) is 4.71. The Labute approximate surface area is 151 Å². The number of carbonyl (C=O) groups excluding carboxylic acids is 2. The number of likely N-dealkylation sites (N-methyl/N-ethyl adjacent to an activating group) is 1. The molecule has 3 rings (SSSR count). The highest BCUT2D eigenvalue weighted by molar-refractivity contribution is 5.86. The molecule has 1 saturated heterocycles. The number of rotatable bonds is 5. The molecule has 2 amide bonds. The van der Waals surface area contributed by atoms with Crippen LogP contribution < -0.4 is 9.47 Å². The number of carboxylic acids is 1. The summed E-state index contributed by atoms with van der Waals surface area (Å²) in [6.45, 7) is 0.856. The van der Waals surface area contributed by atoms with E-state index < -0.39 is 11.9 Å². The van der Waals surface area contributed by atoms with Gasteiger partial charge in [0.2, 0.25) is 18.6 Å². The van der Waals surface area contributed by atoms with Crippen LogP contribution in [-0.4, -0.2) is 66.2 Å². The summed E-state index contributed by atoms with van der Waals surface area (Å²) in [7, 11) is 1.58. The number of amides is 2.